The number of benzene rings is 1. The molecule has 14 heavy (non-hydrogen) atoms. The van der Waals surface area contributed by atoms with E-state index >= 15 is 0 Å². The highest BCUT2D eigenvalue weighted by Gasteiger charge is 2.17. The maximum atomic E-state index is 11.2. The molecule has 1 aromatic rings. The topological polar surface area (TPSA) is 63.6 Å². The van der Waals surface area contributed by atoms with E-state index in [0.717, 1.165) is 0 Å². The summed E-state index contributed by atoms with van der Waals surface area (Å²) in [4.78, 5) is -0.0394. The van der Waals surface area contributed by atoms with Crippen LogP contribution in [0.5, 0.6) is 0 Å². The normalized spacial score (nSPS) is 11.2. The van der Waals surface area contributed by atoms with Crippen LogP contribution in [0, 0.1) is 0 Å². The summed E-state index contributed by atoms with van der Waals surface area (Å²) in [6.45, 7) is 3.51. The fourth-order valence-electron chi connectivity index (χ4n) is 1.11. The third-order valence-corrected chi connectivity index (χ3v) is 2.84. The largest absolute Gasteiger partial charge is 0.323 e. The second-order valence-corrected chi connectivity index (χ2v) is 4.13. The Hall–Kier alpha value is -1.17. The molecule has 1 N–H and O–H groups in total. The predicted octanol–water partition coefficient (Wildman–Crippen LogP) is 1.59. The third-order valence-electron chi connectivity index (χ3n) is 1.70. The summed E-state index contributed by atoms with van der Waals surface area (Å²) in [5, 5.41) is 8.23. The van der Waals surface area contributed by atoms with Crippen molar-refractivity contribution in [1.82, 2.24) is 0 Å². The molecule has 1 aromatic carbocycles. The van der Waals surface area contributed by atoms with Crippen molar-refractivity contribution < 1.29 is 18.0 Å². The SMILES string of the molecule is C=CCc1ccccc1S(=O)(=O)OO. The lowest BCUT2D eigenvalue weighted by atomic mass is 10.1. The molecule has 5 heteroatoms. The van der Waals surface area contributed by atoms with Gasteiger partial charge in [-0.15, -0.1) is 10.9 Å². The lowest BCUT2D eigenvalue weighted by Crippen LogP contribution is -2.06. The van der Waals surface area contributed by atoms with Gasteiger partial charge in [0.25, 0.3) is 0 Å². The van der Waals surface area contributed by atoms with Gasteiger partial charge in [0.05, 0.1) is 4.90 Å². The van der Waals surface area contributed by atoms with Gasteiger partial charge in [0.1, 0.15) is 0 Å². The van der Waals surface area contributed by atoms with Gasteiger partial charge >= 0.3 is 10.1 Å². The first kappa shape index (κ1) is 10.9. The van der Waals surface area contributed by atoms with Gasteiger partial charge in [-0.1, -0.05) is 24.3 Å². The first-order valence-corrected chi connectivity index (χ1v) is 5.29. The van der Waals surface area contributed by atoms with Gasteiger partial charge in [-0.2, -0.15) is 8.42 Å². The predicted molar refractivity (Wildman–Crippen MR) is 51.2 cm³/mol. The molecule has 0 saturated carbocycles. The Balaban J connectivity index is 3.26. The molecule has 0 heterocycles. The van der Waals surface area contributed by atoms with Gasteiger partial charge < -0.3 is 0 Å². The zero-order chi connectivity index (χ0) is 10.6. The minimum atomic E-state index is -4.04. The van der Waals surface area contributed by atoms with Crippen LogP contribution in [0.3, 0.4) is 0 Å². The van der Waals surface area contributed by atoms with Crippen LogP contribution in [-0.4, -0.2) is 13.7 Å². The van der Waals surface area contributed by atoms with E-state index in [0.29, 0.717) is 12.0 Å². The van der Waals surface area contributed by atoms with Gasteiger partial charge in [-0.05, 0) is 18.1 Å². The number of hydrogen-bond donors (Lipinski definition) is 1. The molecule has 0 radical (unpaired) electrons. The number of hydrogen-bond acceptors (Lipinski definition) is 4. The minimum Gasteiger partial charge on any atom is -0.235 e. The van der Waals surface area contributed by atoms with Crippen molar-refractivity contribution in [3.8, 4) is 0 Å². The first-order valence-electron chi connectivity index (χ1n) is 3.88. The van der Waals surface area contributed by atoms with Crippen molar-refractivity contribution in [1.29, 1.82) is 0 Å². The highest BCUT2D eigenvalue weighted by atomic mass is 32.2. The van der Waals surface area contributed by atoms with Gasteiger partial charge in [0.15, 0.2) is 0 Å². The maximum absolute atomic E-state index is 11.2. The van der Waals surface area contributed by atoms with Crippen LogP contribution in [0.25, 0.3) is 0 Å². The first-order chi connectivity index (χ1) is 6.61. The highest BCUT2D eigenvalue weighted by molar-refractivity contribution is 7.86. The van der Waals surface area contributed by atoms with Crippen molar-refractivity contribution in [2.75, 3.05) is 0 Å². The Labute approximate surface area is 82.5 Å². The Bertz CT molecular complexity index is 422. The number of rotatable bonds is 4. The molecule has 0 atom stereocenters. The lowest BCUT2D eigenvalue weighted by Gasteiger charge is -2.04. The summed E-state index contributed by atoms with van der Waals surface area (Å²) in [6.07, 6.45) is 1.98. The molecule has 0 aliphatic carbocycles. The fourth-order valence-corrected chi connectivity index (χ4v) is 1.91. The van der Waals surface area contributed by atoms with Crippen LogP contribution < -0.4 is 0 Å². The molecule has 4 nitrogen and oxygen atoms in total. The van der Waals surface area contributed by atoms with Crippen LogP contribution >= 0.6 is 0 Å². The summed E-state index contributed by atoms with van der Waals surface area (Å²) in [6, 6.07) is 6.26. The second kappa shape index (κ2) is 4.36. The van der Waals surface area contributed by atoms with Crippen molar-refractivity contribution in [2.24, 2.45) is 0 Å². The van der Waals surface area contributed by atoms with Gasteiger partial charge in [0.2, 0.25) is 0 Å². The van der Waals surface area contributed by atoms with E-state index < -0.39 is 10.1 Å². The van der Waals surface area contributed by atoms with E-state index in [1.165, 1.54) is 6.07 Å². The Morgan fingerprint density at radius 1 is 1.43 bits per heavy atom. The molecule has 0 aliphatic heterocycles. The molecule has 1 rings (SSSR count). The summed E-state index contributed by atoms with van der Waals surface area (Å²) in [7, 11) is -4.04. The van der Waals surface area contributed by atoms with Crippen molar-refractivity contribution >= 4 is 10.1 Å². The lowest BCUT2D eigenvalue weighted by molar-refractivity contribution is -0.130. The van der Waals surface area contributed by atoms with Crippen LogP contribution in [0.4, 0.5) is 0 Å². The van der Waals surface area contributed by atoms with E-state index in [1.54, 1.807) is 24.3 Å². The molecule has 0 aromatic heterocycles. The summed E-state index contributed by atoms with van der Waals surface area (Å²) in [5.74, 6) is 0. The van der Waals surface area contributed by atoms with E-state index in [9.17, 15) is 8.42 Å². The van der Waals surface area contributed by atoms with Gasteiger partial charge in [-0.25, -0.2) is 5.26 Å². The standard InChI is InChI=1S/C9H10O4S/c1-2-5-8-6-3-4-7-9(8)14(11,12)13-10/h2-4,6-7,10H,1,5H2. The van der Waals surface area contributed by atoms with Gasteiger partial charge in [-0.3, -0.25) is 0 Å². The minimum absolute atomic E-state index is 0.0394. The fraction of sp³-hybridized carbons (Fsp3) is 0.111. The smallest absolute Gasteiger partial charge is 0.235 e. The zero-order valence-electron chi connectivity index (χ0n) is 7.38. The van der Waals surface area contributed by atoms with Crippen molar-refractivity contribution in [3.05, 3.63) is 42.5 Å². The Morgan fingerprint density at radius 2 is 2.07 bits per heavy atom. The zero-order valence-corrected chi connectivity index (χ0v) is 8.20. The average molecular weight is 214 g/mol. The molecular weight excluding hydrogens is 204 g/mol. The molecule has 0 spiro atoms. The quantitative estimate of drug-likeness (QED) is 0.469. The third kappa shape index (κ3) is 2.20. The molecule has 0 unspecified atom stereocenters. The highest BCUT2D eigenvalue weighted by Crippen LogP contribution is 2.17. The monoisotopic (exact) mass is 214 g/mol. The van der Waals surface area contributed by atoms with Crippen LogP contribution in [-0.2, 0) is 20.9 Å². The second-order valence-electron chi connectivity index (χ2n) is 2.63. The number of allylic oxidation sites excluding steroid dienone is 1. The summed E-state index contributed by atoms with van der Waals surface area (Å²) >= 11 is 0. The Morgan fingerprint density at radius 3 is 2.64 bits per heavy atom. The van der Waals surface area contributed by atoms with Crippen LogP contribution in [0.1, 0.15) is 5.56 Å². The molecule has 0 saturated heterocycles. The molecule has 76 valence electrons. The summed E-state index contributed by atoms with van der Waals surface area (Å²) < 4.78 is 25.8. The van der Waals surface area contributed by atoms with E-state index in [4.69, 9.17) is 5.26 Å². The molecule has 0 fully saturated rings. The molecular formula is C9H10O4S. The maximum Gasteiger partial charge on any atom is 0.323 e. The van der Waals surface area contributed by atoms with Crippen molar-refractivity contribution in [2.45, 2.75) is 11.3 Å². The van der Waals surface area contributed by atoms with E-state index in [-0.39, 0.29) is 4.90 Å². The summed E-state index contributed by atoms with van der Waals surface area (Å²) in [5.41, 5.74) is 0.538. The molecule has 0 amide bonds. The molecule has 0 aliphatic rings. The molecule has 0 bridgehead atoms. The van der Waals surface area contributed by atoms with E-state index in [1.807, 2.05) is 0 Å². The van der Waals surface area contributed by atoms with Gasteiger partial charge in [0, 0.05) is 0 Å². The Kier molecular flexibility index (Phi) is 3.40. The van der Waals surface area contributed by atoms with Crippen LogP contribution in [0.2, 0.25) is 0 Å². The van der Waals surface area contributed by atoms with E-state index in [2.05, 4.69) is 10.9 Å². The van der Waals surface area contributed by atoms with Crippen LogP contribution in [0.15, 0.2) is 41.8 Å². The van der Waals surface area contributed by atoms with Crippen molar-refractivity contribution in [3.63, 3.8) is 0 Å². The average Bonchev–Trinajstić information content (AvgIpc) is 2.19.